The molecule has 0 radical (unpaired) electrons. The summed E-state index contributed by atoms with van der Waals surface area (Å²) in [6.45, 7) is 2.20. The number of carbonyl (C=O) groups is 1. The minimum Gasteiger partial charge on any atom is -0.353 e. The van der Waals surface area contributed by atoms with Crippen LogP contribution in [0.25, 0.3) is 0 Å². The van der Waals surface area contributed by atoms with Crippen LogP contribution in [-0.4, -0.2) is 23.5 Å². The zero-order valence-corrected chi connectivity index (χ0v) is 8.90. The Hall–Kier alpha value is -0.180. The molecule has 0 aromatic carbocycles. The van der Waals surface area contributed by atoms with Crippen LogP contribution < -0.4 is 5.32 Å². The van der Waals surface area contributed by atoms with Gasteiger partial charge < -0.3 is 5.32 Å². The third kappa shape index (κ3) is 2.39. The maximum absolute atomic E-state index is 11.7. The Balaban J connectivity index is 1.75. The molecule has 0 bridgehead atoms. The van der Waals surface area contributed by atoms with Crippen molar-refractivity contribution in [2.75, 3.05) is 11.5 Å². The molecule has 0 spiro atoms. The van der Waals surface area contributed by atoms with Gasteiger partial charge in [-0.25, -0.2) is 0 Å². The number of nitrogens with one attached hydrogen (secondary N) is 1. The molecule has 2 atom stereocenters. The van der Waals surface area contributed by atoms with E-state index in [1.54, 1.807) is 0 Å². The fourth-order valence-corrected chi connectivity index (χ4v) is 2.89. The first kappa shape index (κ1) is 9.38. The standard InChI is InChI=1S/C10H17NOS/c1-7-6-9(7)11-10(12)8-2-4-13-5-3-8/h7-9H,2-6H2,1H3,(H,11,12). The summed E-state index contributed by atoms with van der Waals surface area (Å²) < 4.78 is 0. The topological polar surface area (TPSA) is 29.1 Å². The van der Waals surface area contributed by atoms with Gasteiger partial charge >= 0.3 is 0 Å². The normalized spacial score (nSPS) is 34.2. The van der Waals surface area contributed by atoms with Gasteiger partial charge in [-0.1, -0.05) is 6.92 Å². The second-order valence-electron chi connectivity index (χ2n) is 4.21. The molecule has 0 aromatic heterocycles. The molecule has 1 saturated carbocycles. The molecule has 2 unspecified atom stereocenters. The molecule has 3 heteroatoms. The SMILES string of the molecule is CC1CC1NC(=O)C1CCSCC1. The lowest BCUT2D eigenvalue weighted by Gasteiger charge is -2.20. The first-order valence-corrected chi connectivity index (χ1v) is 6.31. The van der Waals surface area contributed by atoms with Gasteiger partial charge in [-0.3, -0.25) is 4.79 Å². The highest BCUT2D eigenvalue weighted by atomic mass is 32.2. The molecule has 13 heavy (non-hydrogen) atoms. The van der Waals surface area contributed by atoms with Crippen LogP contribution in [-0.2, 0) is 4.79 Å². The summed E-state index contributed by atoms with van der Waals surface area (Å²) in [6, 6.07) is 0.502. The van der Waals surface area contributed by atoms with Crippen molar-refractivity contribution >= 4 is 17.7 Å². The van der Waals surface area contributed by atoms with Crippen molar-refractivity contribution in [1.29, 1.82) is 0 Å². The molecule has 1 aliphatic carbocycles. The molecule has 1 heterocycles. The van der Waals surface area contributed by atoms with Crippen LogP contribution in [0.4, 0.5) is 0 Å². The Morgan fingerprint density at radius 1 is 1.38 bits per heavy atom. The fourth-order valence-electron chi connectivity index (χ4n) is 1.78. The first-order valence-electron chi connectivity index (χ1n) is 5.15. The van der Waals surface area contributed by atoms with Crippen LogP contribution >= 0.6 is 11.8 Å². The Kier molecular flexibility index (Phi) is 2.82. The quantitative estimate of drug-likeness (QED) is 0.732. The van der Waals surface area contributed by atoms with E-state index >= 15 is 0 Å². The molecule has 1 aliphatic heterocycles. The predicted octanol–water partition coefficient (Wildman–Crippen LogP) is 1.65. The summed E-state index contributed by atoms with van der Waals surface area (Å²) >= 11 is 1.97. The van der Waals surface area contributed by atoms with Gasteiger partial charge in [-0.2, -0.15) is 11.8 Å². The first-order chi connectivity index (χ1) is 6.27. The average Bonchev–Trinajstić information content (AvgIpc) is 2.83. The smallest absolute Gasteiger partial charge is 0.223 e. The lowest BCUT2D eigenvalue weighted by atomic mass is 10.0. The van der Waals surface area contributed by atoms with Gasteiger partial charge in [0.1, 0.15) is 0 Å². The molecule has 1 saturated heterocycles. The monoisotopic (exact) mass is 199 g/mol. The lowest BCUT2D eigenvalue weighted by Crippen LogP contribution is -2.34. The number of hydrogen-bond acceptors (Lipinski definition) is 2. The summed E-state index contributed by atoms with van der Waals surface area (Å²) in [4.78, 5) is 11.7. The van der Waals surface area contributed by atoms with Crippen molar-refractivity contribution in [2.24, 2.45) is 11.8 Å². The van der Waals surface area contributed by atoms with E-state index in [9.17, 15) is 4.79 Å². The Morgan fingerprint density at radius 3 is 2.54 bits per heavy atom. The van der Waals surface area contributed by atoms with E-state index in [4.69, 9.17) is 0 Å². The van der Waals surface area contributed by atoms with Gasteiger partial charge in [0.05, 0.1) is 0 Å². The molecular formula is C10H17NOS. The van der Waals surface area contributed by atoms with Gasteiger partial charge in [0.2, 0.25) is 5.91 Å². The van der Waals surface area contributed by atoms with E-state index < -0.39 is 0 Å². The van der Waals surface area contributed by atoms with Crippen LogP contribution in [0.15, 0.2) is 0 Å². The van der Waals surface area contributed by atoms with Crippen molar-refractivity contribution in [3.05, 3.63) is 0 Å². The maximum atomic E-state index is 11.7. The van der Waals surface area contributed by atoms with Gasteiger partial charge in [0, 0.05) is 12.0 Å². The highest BCUT2D eigenvalue weighted by Crippen LogP contribution is 2.30. The third-order valence-corrected chi connectivity index (χ3v) is 4.08. The molecular weight excluding hydrogens is 182 g/mol. The minimum absolute atomic E-state index is 0.314. The van der Waals surface area contributed by atoms with E-state index in [1.807, 2.05) is 11.8 Å². The van der Waals surface area contributed by atoms with Gasteiger partial charge in [0.15, 0.2) is 0 Å². The fraction of sp³-hybridized carbons (Fsp3) is 0.900. The lowest BCUT2D eigenvalue weighted by molar-refractivity contribution is -0.125. The molecule has 2 aliphatic rings. The molecule has 2 fully saturated rings. The van der Waals surface area contributed by atoms with Crippen LogP contribution in [0.5, 0.6) is 0 Å². The number of carbonyl (C=O) groups excluding carboxylic acids is 1. The Morgan fingerprint density at radius 2 is 2.00 bits per heavy atom. The third-order valence-electron chi connectivity index (χ3n) is 3.03. The van der Waals surface area contributed by atoms with Crippen LogP contribution in [0.3, 0.4) is 0 Å². The second-order valence-corrected chi connectivity index (χ2v) is 5.44. The summed E-state index contributed by atoms with van der Waals surface area (Å²) in [5.41, 5.74) is 0. The predicted molar refractivity (Wildman–Crippen MR) is 55.8 cm³/mol. The van der Waals surface area contributed by atoms with E-state index in [-0.39, 0.29) is 0 Å². The van der Waals surface area contributed by atoms with E-state index in [2.05, 4.69) is 12.2 Å². The van der Waals surface area contributed by atoms with E-state index in [0.717, 1.165) is 30.3 Å². The number of hydrogen-bond donors (Lipinski definition) is 1. The van der Waals surface area contributed by atoms with Crippen LogP contribution in [0.1, 0.15) is 26.2 Å². The zero-order chi connectivity index (χ0) is 9.26. The minimum atomic E-state index is 0.314. The van der Waals surface area contributed by atoms with Crippen molar-refractivity contribution in [3.8, 4) is 0 Å². The zero-order valence-electron chi connectivity index (χ0n) is 8.08. The summed E-state index contributed by atoms with van der Waals surface area (Å²) in [6.07, 6.45) is 3.35. The molecule has 2 rings (SSSR count). The van der Waals surface area contributed by atoms with Crippen molar-refractivity contribution < 1.29 is 4.79 Å². The summed E-state index contributed by atoms with van der Waals surface area (Å²) in [5, 5.41) is 3.13. The van der Waals surface area contributed by atoms with Gasteiger partial charge in [-0.05, 0) is 36.7 Å². The molecule has 74 valence electrons. The van der Waals surface area contributed by atoms with Gasteiger partial charge in [-0.15, -0.1) is 0 Å². The van der Waals surface area contributed by atoms with Crippen LogP contribution in [0, 0.1) is 11.8 Å². The largest absolute Gasteiger partial charge is 0.353 e. The van der Waals surface area contributed by atoms with Crippen molar-refractivity contribution in [2.45, 2.75) is 32.2 Å². The Labute approximate surface area is 83.8 Å². The Bertz CT molecular complexity index is 201. The number of amides is 1. The molecule has 2 nitrogen and oxygen atoms in total. The highest BCUT2D eigenvalue weighted by molar-refractivity contribution is 7.99. The van der Waals surface area contributed by atoms with Crippen molar-refractivity contribution in [3.63, 3.8) is 0 Å². The maximum Gasteiger partial charge on any atom is 0.223 e. The molecule has 1 N–H and O–H groups in total. The molecule has 0 aromatic rings. The van der Waals surface area contributed by atoms with Crippen molar-refractivity contribution in [1.82, 2.24) is 5.32 Å². The van der Waals surface area contributed by atoms with Crippen LogP contribution in [0.2, 0.25) is 0 Å². The number of thioether (sulfide) groups is 1. The number of rotatable bonds is 2. The second kappa shape index (κ2) is 3.91. The van der Waals surface area contributed by atoms with E-state index in [1.165, 1.54) is 6.42 Å². The highest BCUT2D eigenvalue weighted by Gasteiger charge is 2.35. The molecule has 1 amide bonds. The van der Waals surface area contributed by atoms with E-state index in [0.29, 0.717) is 17.9 Å². The summed E-state index contributed by atoms with van der Waals surface area (Å²) in [5.74, 6) is 3.68. The average molecular weight is 199 g/mol. The van der Waals surface area contributed by atoms with Gasteiger partial charge in [0.25, 0.3) is 0 Å². The summed E-state index contributed by atoms with van der Waals surface area (Å²) in [7, 11) is 0.